The first kappa shape index (κ1) is 71.8. The molecule has 0 aromatic heterocycles. The maximum absolute atomic E-state index is 12.9. The smallest absolute Gasteiger partial charge is 0.306 e. The molecule has 0 radical (unpaired) electrons. The van der Waals surface area contributed by atoms with Gasteiger partial charge in [-0.15, -0.1) is 0 Å². The molecule has 0 aromatic rings. The van der Waals surface area contributed by atoms with Crippen LogP contribution in [0.4, 0.5) is 0 Å². The maximum Gasteiger partial charge on any atom is 0.306 e. The summed E-state index contributed by atoms with van der Waals surface area (Å²) in [5.41, 5.74) is 0. The number of esters is 6. The first-order valence-corrected chi connectivity index (χ1v) is 31.5. The molecule has 0 fully saturated rings. The van der Waals surface area contributed by atoms with Gasteiger partial charge in [0.05, 0.1) is 19.8 Å². The van der Waals surface area contributed by atoms with Gasteiger partial charge in [0, 0.05) is 40.0 Å². The van der Waals surface area contributed by atoms with Crippen LogP contribution in [0.1, 0.15) is 329 Å². The topological polar surface area (TPSA) is 158 Å². The van der Waals surface area contributed by atoms with Crippen molar-refractivity contribution in [3.63, 3.8) is 0 Å². The largest absolute Gasteiger partial charge is 0.466 e. The number of hydrogen-bond acceptors (Lipinski definition) is 12. The molecule has 0 amide bonds. The van der Waals surface area contributed by atoms with E-state index in [9.17, 15) is 28.8 Å². The molecule has 0 saturated carbocycles. The van der Waals surface area contributed by atoms with E-state index in [4.69, 9.17) is 28.4 Å². The Morgan fingerprint density at radius 2 is 0.400 bits per heavy atom. The third-order valence-electron chi connectivity index (χ3n) is 14.2. The molecule has 0 aromatic carbocycles. The second-order valence-electron chi connectivity index (χ2n) is 21.7. The highest BCUT2D eigenvalue weighted by Crippen LogP contribution is 2.18. The van der Waals surface area contributed by atoms with Crippen molar-refractivity contribution < 1.29 is 57.2 Å². The zero-order valence-corrected chi connectivity index (χ0v) is 49.0. The Labute approximate surface area is 459 Å². The molecular formula is C63H116O12. The third kappa shape index (κ3) is 61.6. The lowest BCUT2D eigenvalue weighted by molar-refractivity contribution is -0.167. The van der Waals surface area contributed by atoms with Crippen LogP contribution in [-0.4, -0.2) is 75.0 Å². The fourth-order valence-corrected chi connectivity index (χ4v) is 9.53. The van der Waals surface area contributed by atoms with Crippen LogP contribution in [0.15, 0.2) is 0 Å². The Hall–Kier alpha value is -3.18. The Bertz CT molecular complexity index is 1250. The summed E-state index contributed by atoms with van der Waals surface area (Å²) in [6, 6.07) is 0. The minimum absolute atomic E-state index is 0.102. The van der Waals surface area contributed by atoms with Crippen molar-refractivity contribution in [2.75, 3.05) is 33.0 Å². The van der Waals surface area contributed by atoms with E-state index in [1.165, 1.54) is 213 Å². The molecule has 12 nitrogen and oxygen atoms in total. The molecule has 0 heterocycles. The van der Waals surface area contributed by atoms with Crippen molar-refractivity contribution >= 4 is 35.8 Å². The van der Waals surface area contributed by atoms with Gasteiger partial charge in [-0.3, -0.25) is 28.8 Å². The lowest BCUT2D eigenvalue weighted by Gasteiger charge is -2.18. The molecule has 0 aliphatic carbocycles. The van der Waals surface area contributed by atoms with Gasteiger partial charge in [-0.05, 0) is 38.5 Å². The lowest BCUT2D eigenvalue weighted by atomic mass is 10.0. The molecule has 0 saturated heterocycles. The van der Waals surface area contributed by atoms with Gasteiger partial charge in [-0.1, -0.05) is 250 Å². The summed E-state index contributed by atoms with van der Waals surface area (Å²) < 4.78 is 31.9. The van der Waals surface area contributed by atoms with Gasteiger partial charge in [0.15, 0.2) is 6.10 Å². The maximum atomic E-state index is 12.9. The van der Waals surface area contributed by atoms with Gasteiger partial charge >= 0.3 is 35.8 Å². The van der Waals surface area contributed by atoms with Crippen LogP contribution < -0.4 is 0 Å². The molecule has 0 bridgehead atoms. The SMILES string of the molecule is CC(=O)OCCCCCCCCCCCCCCCCCC(=O)OCC(COC(=O)CCCCCCCCCCCCCCCCCOC(C)=O)OC(=O)CCCCCCCCCCCCCCCCCOC(C)=O. The van der Waals surface area contributed by atoms with Crippen molar-refractivity contribution in [1.29, 1.82) is 0 Å². The predicted molar refractivity (Wildman–Crippen MR) is 303 cm³/mol. The number of carbonyl (C=O) groups is 6. The normalized spacial score (nSPS) is 11.2. The minimum atomic E-state index is -0.807. The molecule has 0 aliphatic rings. The highest BCUT2D eigenvalue weighted by atomic mass is 16.6. The first-order valence-electron chi connectivity index (χ1n) is 31.5. The molecular weight excluding hydrogens is 949 g/mol. The zero-order valence-electron chi connectivity index (χ0n) is 49.0. The Balaban J connectivity index is 4.29. The van der Waals surface area contributed by atoms with Gasteiger partial charge in [0.1, 0.15) is 13.2 Å². The fraction of sp³-hybridized carbons (Fsp3) is 0.905. The number of carbonyl (C=O) groups excluding carboxylic acids is 6. The number of ether oxygens (including phenoxy) is 6. The van der Waals surface area contributed by atoms with Crippen LogP contribution in [0.25, 0.3) is 0 Å². The summed E-state index contributed by atoms with van der Waals surface area (Å²) in [6.45, 7) is 5.82. The van der Waals surface area contributed by atoms with Crippen LogP contribution in [-0.2, 0) is 57.2 Å². The van der Waals surface area contributed by atoms with Crippen molar-refractivity contribution in [2.45, 2.75) is 335 Å². The highest BCUT2D eigenvalue weighted by Gasteiger charge is 2.19. The van der Waals surface area contributed by atoms with Crippen LogP contribution in [0.3, 0.4) is 0 Å². The summed E-state index contributed by atoms with van der Waals surface area (Å²) >= 11 is 0. The average Bonchev–Trinajstić information content (AvgIpc) is 3.38. The number of rotatable bonds is 59. The summed E-state index contributed by atoms with van der Waals surface area (Å²) in [5.74, 6) is -1.51. The van der Waals surface area contributed by atoms with Crippen LogP contribution >= 0.6 is 0 Å². The standard InChI is InChI=1S/C63H116O12/c1-57(64)70-52-46-40-34-28-22-16-10-4-7-13-19-25-31-37-43-49-61(67)73-55-60(75-63(69)51-45-39-33-27-21-15-9-6-12-18-24-30-36-42-48-54-72-59(3)66)56-74-62(68)50-44-38-32-26-20-14-8-5-11-17-23-29-35-41-47-53-71-58(2)65/h60H,4-56H2,1-3H3. The van der Waals surface area contributed by atoms with Crippen molar-refractivity contribution in [3.05, 3.63) is 0 Å². The molecule has 12 heteroatoms. The monoisotopic (exact) mass is 1060 g/mol. The van der Waals surface area contributed by atoms with Crippen molar-refractivity contribution in [2.24, 2.45) is 0 Å². The Morgan fingerprint density at radius 3 is 0.600 bits per heavy atom. The lowest BCUT2D eigenvalue weighted by Crippen LogP contribution is -2.30. The first-order chi connectivity index (χ1) is 36.6. The quantitative estimate of drug-likeness (QED) is 0.0323. The fourth-order valence-electron chi connectivity index (χ4n) is 9.53. The van der Waals surface area contributed by atoms with E-state index >= 15 is 0 Å². The molecule has 0 atom stereocenters. The molecule has 0 N–H and O–H groups in total. The zero-order chi connectivity index (χ0) is 54.8. The molecule has 0 spiro atoms. The molecule has 440 valence electrons. The van der Waals surface area contributed by atoms with Crippen LogP contribution in [0, 0.1) is 0 Å². The van der Waals surface area contributed by atoms with Gasteiger partial charge in [-0.25, -0.2) is 0 Å². The summed E-state index contributed by atoms with van der Waals surface area (Å²) in [6.07, 6.45) is 52.9. The van der Waals surface area contributed by atoms with Gasteiger partial charge < -0.3 is 28.4 Å². The summed E-state index contributed by atoms with van der Waals surface area (Å²) in [4.78, 5) is 70.8. The predicted octanol–water partition coefficient (Wildman–Crippen LogP) is 17.4. The second kappa shape index (κ2) is 58.5. The van der Waals surface area contributed by atoms with E-state index in [0.717, 1.165) is 96.3 Å². The second-order valence-corrected chi connectivity index (χ2v) is 21.7. The molecule has 0 unspecified atom stereocenters. The van der Waals surface area contributed by atoms with E-state index in [1.807, 2.05) is 0 Å². The number of unbranched alkanes of at least 4 members (excludes halogenated alkanes) is 42. The Kier molecular flexibility index (Phi) is 56.0. The molecule has 75 heavy (non-hydrogen) atoms. The van der Waals surface area contributed by atoms with Crippen LogP contribution in [0.5, 0.6) is 0 Å². The van der Waals surface area contributed by atoms with E-state index in [0.29, 0.717) is 39.1 Å². The van der Waals surface area contributed by atoms with E-state index < -0.39 is 6.10 Å². The van der Waals surface area contributed by atoms with Crippen LogP contribution in [0.2, 0.25) is 0 Å². The van der Waals surface area contributed by atoms with E-state index in [-0.39, 0.29) is 49.0 Å². The number of hydrogen-bond donors (Lipinski definition) is 0. The van der Waals surface area contributed by atoms with Crippen molar-refractivity contribution in [1.82, 2.24) is 0 Å². The third-order valence-corrected chi connectivity index (χ3v) is 14.2. The summed E-state index contributed by atoms with van der Waals surface area (Å²) in [5, 5.41) is 0. The van der Waals surface area contributed by atoms with Gasteiger partial charge in [-0.2, -0.15) is 0 Å². The molecule has 0 aliphatic heterocycles. The summed E-state index contributed by atoms with van der Waals surface area (Å²) in [7, 11) is 0. The highest BCUT2D eigenvalue weighted by molar-refractivity contribution is 5.71. The average molecular weight is 1070 g/mol. The van der Waals surface area contributed by atoms with Gasteiger partial charge in [0.25, 0.3) is 0 Å². The van der Waals surface area contributed by atoms with Gasteiger partial charge in [0.2, 0.25) is 0 Å². The van der Waals surface area contributed by atoms with E-state index in [2.05, 4.69) is 0 Å². The van der Waals surface area contributed by atoms with Crippen molar-refractivity contribution in [3.8, 4) is 0 Å². The molecule has 0 rings (SSSR count). The minimum Gasteiger partial charge on any atom is -0.466 e. The Morgan fingerprint density at radius 1 is 0.227 bits per heavy atom. The van der Waals surface area contributed by atoms with E-state index in [1.54, 1.807) is 0 Å².